The van der Waals surface area contributed by atoms with Crippen molar-refractivity contribution in [2.24, 2.45) is 0 Å². The van der Waals surface area contributed by atoms with Gasteiger partial charge in [-0.1, -0.05) is 35.3 Å². The van der Waals surface area contributed by atoms with Gasteiger partial charge in [-0.05, 0) is 30.3 Å². The highest BCUT2D eigenvalue weighted by molar-refractivity contribution is 6.35. The third-order valence-electron chi connectivity index (χ3n) is 3.69. The van der Waals surface area contributed by atoms with Crippen LogP contribution in [0.3, 0.4) is 0 Å². The number of rotatable bonds is 5. The number of anilines is 1. The molecule has 2 aromatic carbocycles. The van der Waals surface area contributed by atoms with Gasteiger partial charge in [0.05, 0.1) is 34.5 Å². The van der Waals surface area contributed by atoms with Gasteiger partial charge in [-0.3, -0.25) is 19.0 Å². The first-order valence-electron chi connectivity index (χ1n) is 7.90. The molecule has 27 heavy (non-hydrogen) atoms. The predicted molar refractivity (Wildman–Crippen MR) is 104 cm³/mol. The number of para-hydroxylation sites is 1. The van der Waals surface area contributed by atoms with Crippen LogP contribution in [-0.4, -0.2) is 27.9 Å². The minimum absolute atomic E-state index is 0.248. The number of fused-ring (bicyclic) bond motifs is 1. The molecule has 2 amide bonds. The van der Waals surface area contributed by atoms with E-state index in [-0.39, 0.29) is 18.6 Å². The van der Waals surface area contributed by atoms with E-state index in [0.717, 1.165) is 0 Å². The predicted octanol–water partition coefficient (Wildman–Crippen LogP) is 2.46. The summed E-state index contributed by atoms with van der Waals surface area (Å²) in [5.74, 6) is -0.974. The maximum atomic E-state index is 12.3. The first-order valence-corrected chi connectivity index (χ1v) is 8.65. The van der Waals surface area contributed by atoms with Gasteiger partial charge in [0.25, 0.3) is 5.56 Å². The number of carbonyl (C=O) groups excluding carboxylic acids is 2. The molecule has 7 nitrogen and oxygen atoms in total. The maximum Gasteiger partial charge on any atom is 0.261 e. The Morgan fingerprint density at radius 2 is 1.85 bits per heavy atom. The van der Waals surface area contributed by atoms with Gasteiger partial charge in [0.1, 0.15) is 6.54 Å². The van der Waals surface area contributed by atoms with Crippen molar-refractivity contribution >= 4 is 51.6 Å². The Balaban J connectivity index is 1.60. The van der Waals surface area contributed by atoms with Crippen LogP contribution in [-0.2, 0) is 16.1 Å². The highest BCUT2D eigenvalue weighted by Crippen LogP contribution is 2.25. The summed E-state index contributed by atoms with van der Waals surface area (Å²) in [6.07, 6.45) is 1.30. The van der Waals surface area contributed by atoms with Crippen molar-refractivity contribution in [2.75, 3.05) is 11.9 Å². The van der Waals surface area contributed by atoms with Crippen molar-refractivity contribution in [1.82, 2.24) is 14.9 Å². The summed E-state index contributed by atoms with van der Waals surface area (Å²) in [5, 5.41) is 6.16. The third-order valence-corrected chi connectivity index (χ3v) is 4.26. The summed E-state index contributed by atoms with van der Waals surface area (Å²) in [5.41, 5.74) is 0.571. The Bertz CT molecular complexity index is 1080. The van der Waals surface area contributed by atoms with E-state index in [2.05, 4.69) is 15.6 Å². The fraction of sp³-hybridized carbons (Fsp3) is 0.111. The van der Waals surface area contributed by atoms with E-state index in [1.54, 1.807) is 36.4 Å². The minimum atomic E-state index is -0.499. The number of nitrogens with one attached hydrogen (secondary N) is 2. The van der Waals surface area contributed by atoms with E-state index < -0.39 is 11.8 Å². The normalized spacial score (nSPS) is 10.6. The van der Waals surface area contributed by atoms with Crippen molar-refractivity contribution in [3.63, 3.8) is 0 Å². The lowest BCUT2D eigenvalue weighted by Gasteiger charge is -2.10. The lowest BCUT2D eigenvalue weighted by atomic mass is 10.2. The summed E-state index contributed by atoms with van der Waals surface area (Å²) in [6, 6.07) is 11.5. The van der Waals surface area contributed by atoms with Crippen molar-refractivity contribution in [2.45, 2.75) is 6.54 Å². The number of hydrogen-bond acceptors (Lipinski definition) is 4. The molecule has 0 atom stereocenters. The van der Waals surface area contributed by atoms with E-state index in [1.807, 2.05) is 0 Å². The number of amides is 2. The summed E-state index contributed by atoms with van der Waals surface area (Å²) in [4.78, 5) is 40.5. The highest BCUT2D eigenvalue weighted by Gasteiger charge is 2.11. The van der Waals surface area contributed by atoms with Crippen LogP contribution in [0.4, 0.5) is 5.69 Å². The van der Waals surface area contributed by atoms with Crippen LogP contribution < -0.4 is 16.2 Å². The SMILES string of the molecule is O=C(Cn1cnc2ccccc2c1=O)NCC(=O)Nc1cc(Cl)ccc1Cl. The molecule has 3 aromatic rings. The summed E-state index contributed by atoms with van der Waals surface area (Å²) >= 11 is 11.8. The minimum Gasteiger partial charge on any atom is -0.345 e. The lowest BCUT2D eigenvalue weighted by Crippen LogP contribution is -2.37. The molecule has 9 heteroatoms. The molecule has 1 aromatic heterocycles. The monoisotopic (exact) mass is 404 g/mol. The molecule has 0 fully saturated rings. The van der Waals surface area contributed by atoms with Gasteiger partial charge in [-0.25, -0.2) is 4.98 Å². The fourth-order valence-electron chi connectivity index (χ4n) is 2.40. The van der Waals surface area contributed by atoms with Gasteiger partial charge in [-0.2, -0.15) is 0 Å². The van der Waals surface area contributed by atoms with Crippen molar-refractivity contribution < 1.29 is 9.59 Å². The van der Waals surface area contributed by atoms with Gasteiger partial charge in [-0.15, -0.1) is 0 Å². The smallest absolute Gasteiger partial charge is 0.261 e. The van der Waals surface area contributed by atoms with Crippen LogP contribution >= 0.6 is 23.2 Å². The molecule has 2 N–H and O–H groups in total. The van der Waals surface area contributed by atoms with E-state index in [4.69, 9.17) is 23.2 Å². The zero-order valence-corrected chi connectivity index (χ0v) is 15.4. The number of halogens is 2. The highest BCUT2D eigenvalue weighted by atomic mass is 35.5. The van der Waals surface area contributed by atoms with Crippen LogP contribution in [0.5, 0.6) is 0 Å². The average Bonchev–Trinajstić information content (AvgIpc) is 2.65. The number of aromatic nitrogens is 2. The third kappa shape index (κ3) is 4.64. The van der Waals surface area contributed by atoms with Gasteiger partial charge in [0.2, 0.25) is 11.8 Å². The maximum absolute atomic E-state index is 12.3. The summed E-state index contributed by atoms with van der Waals surface area (Å²) in [7, 11) is 0. The molecule has 0 bridgehead atoms. The van der Waals surface area contributed by atoms with Gasteiger partial charge in [0.15, 0.2) is 0 Å². The van der Waals surface area contributed by atoms with Crippen LogP contribution in [0, 0.1) is 0 Å². The molecule has 0 saturated heterocycles. The first-order chi connectivity index (χ1) is 12.9. The molecule has 1 heterocycles. The van der Waals surface area contributed by atoms with E-state index >= 15 is 0 Å². The molecule has 138 valence electrons. The molecule has 0 aliphatic rings. The molecule has 0 radical (unpaired) electrons. The zero-order valence-electron chi connectivity index (χ0n) is 13.9. The number of benzene rings is 2. The first kappa shape index (κ1) is 18.9. The largest absolute Gasteiger partial charge is 0.345 e. The molecular formula is C18H14Cl2N4O3. The second kappa shape index (κ2) is 8.20. The number of carbonyl (C=O) groups is 2. The van der Waals surface area contributed by atoms with Crippen LogP contribution in [0.15, 0.2) is 53.6 Å². The van der Waals surface area contributed by atoms with Crippen molar-refractivity contribution in [1.29, 1.82) is 0 Å². The average molecular weight is 405 g/mol. The lowest BCUT2D eigenvalue weighted by molar-refractivity contribution is -0.124. The number of nitrogens with zero attached hydrogens (tertiary/aromatic N) is 2. The quantitative estimate of drug-likeness (QED) is 0.682. The molecule has 0 unspecified atom stereocenters. The Kier molecular flexibility index (Phi) is 5.73. The molecule has 0 aliphatic carbocycles. The van der Waals surface area contributed by atoms with Gasteiger partial charge < -0.3 is 10.6 Å². The Labute approximate surface area is 163 Å². The topological polar surface area (TPSA) is 93.1 Å². The molecular weight excluding hydrogens is 391 g/mol. The fourth-order valence-corrected chi connectivity index (χ4v) is 2.73. The molecule has 3 rings (SSSR count). The Morgan fingerprint density at radius 1 is 1.07 bits per heavy atom. The Morgan fingerprint density at radius 3 is 2.67 bits per heavy atom. The van der Waals surface area contributed by atoms with E-state index in [9.17, 15) is 14.4 Å². The van der Waals surface area contributed by atoms with Crippen LogP contribution in [0.2, 0.25) is 10.0 Å². The van der Waals surface area contributed by atoms with E-state index in [0.29, 0.717) is 26.6 Å². The molecule has 0 aliphatic heterocycles. The number of hydrogen-bond donors (Lipinski definition) is 2. The Hall–Kier alpha value is -2.90. The van der Waals surface area contributed by atoms with Crippen molar-refractivity contribution in [3.8, 4) is 0 Å². The second-order valence-electron chi connectivity index (χ2n) is 5.64. The zero-order chi connectivity index (χ0) is 19.4. The van der Waals surface area contributed by atoms with Crippen LogP contribution in [0.25, 0.3) is 10.9 Å². The van der Waals surface area contributed by atoms with Gasteiger partial charge in [0, 0.05) is 5.02 Å². The van der Waals surface area contributed by atoms with E-state index in [1.165, 1.54) is 17.0 Å². The summed E-state index contributed by atoms with van der Waals surface area (Å²) in [6.45, 7) is -0.528. The van der Waals surface area contributed by atoms with Crippen molar-refractivity contribution in [3.05, 3.63) is 69.2 Å². The molecule has 0 saturated carbocycles. The standard InChI is InChI=1S/C18H14Cl2N4O3/c19-11-5-6-13(20)15(7-11)23-16(25)8-21-17(26)9-24-10-22-14-4-2-1-3-12(14)18(24)27/h1-7,10H,8-9H2,(H,21,26)(H,23,25). The molecule has 0 spiro atoms. The van der Waals surface area contributed by atoms with Gasteiger partial charge >= 0.3 is 0 Å². The second-order valence-corrected chi connectivity index (χ2v) is 6.49. The summed E-state index contributed by atoms with van der Waals surface area (Å²) < 4.78 is 1.18. The van der Waals surface area contributed by atoms with Crippen LogP contribution in [0.1, 0.15) is 0 Å².